The molecule has 0 N–H and O–H groups in total. The SMILES string of the molecule is [B][B]N1C(=O)CC(C(C)(C)C)C1=O. The number of nitrogens with zero attached hydrogens (tertiary/aromatic N) is 1. The van der Waals surface area contributed by atoms with Crippen molar-refractivity contribution < 1.29 is 9.59 Å². The first-order valence-corrected chi connectivity index (χ1v) is 4.29. The van der Waals surface area contributed by atoms with Crippen molar-refractivity contribution in [1.82, 2.24) is 4.81 Å². The average Bonchev–Trinajstić information content (AvgIpc) is 2.25. The van der Waals surface area contributed by atoms with E-state index in [0.29, 0.717) is 0 Å². The second-order valence-electron chi connectivity index (χ2n) is 4.37. The Morgan fingerprint density at radius 3 is 2.23 bits per heavy atom. The van der Waals surface area contributed by atoms with Crippen molar-refractivity contribution in [3.05, 3.63) is 0 Å². The van der Waals surface area contributed by atoms with E-state index in [0.717, 1.165) is 12.1 Å². The Kier molecular flexibility index (Phi) is 2.55. The summed E-state index contributed by atoms with van der Waals surface area (Å²) in [6, 6.07) is 0. The number of hydrogen-bond acceptors (Lipinski definition) is 2. The van der Waals surface area contributed by atoms with Gasteiger partial charge in [-0.2, -0.15) is 0 Å². The third-order valence-electron chi connectivity index (χ3n) is 2.38. The molecule has 1 atom stereocenters. The van der Waals surface area contributed by atoms with Crippen molar-refractivity contribution in [2.45, 2.75) is 27.2 Å². The molecular weight excluding hydrogens is 164 g/mol. The van der Waals surface area contributed by atoms with Crippen LogP contribution in [0.5, 0.6) is 0 Å². The van der Waals surface area contributed by atoms with Gasteiger partial charge in [0.1, 0.15) is 0 Å². The van der Waals surface area contributed by atoms with Gasteiger partial charge < -0.3 is 4.81 Å². The van der Waals surface area contributed by atoms with Crippen LogP contribution in [0.4, 0.5) is 0 Å². The second kappa shape index (κ2) is 3.20. The summed E-state index contributed by atoms with van der Waals surface area (Å²) in [5, 5.41) is 0. The molecule has 1 heterocycles. The predicted molar refractivity (Wildman–Crippen MR) is 50.9 cm³/mol. The minimum atomic E-state index is -0.236. The van der Waals surface area contributed by atoms with Gasteiger partial charge in [0, 0.05) is 14.2 Å². The molecule has 0 aromatic rings. The number of amides is 2. The van der Waals surface area contributed by atoms with E-state index in [4.69, 9.17) is 7.74 Å². The summed E-state index contributed by atoms with van der Waals surface area (Å²) in [6.45, 7) is 5.84. The highest BCUT2D eigenvalue weighted by Crippen LogP contribution is 2.34. The van der Waals surface area contributed by atoms with E-state index in [1.165, 1.54) is 0 Å². The topological polar surface area (TPSA) is 37.4 Å². The normalized spacial score (nSPS) is 23.9. The average molecular weight is 176 g/mol. The molecule has 1 aliphatic heterocycles. The van der Waals surface area contributed by atoms with Gasteiger partial charge in [0.2, 0.25) is 11.8 Å². The maximum atomic E-state index is 11.6. The number of imide groups is 1. The van der Waals surface area contributed by atoms with Crippen LogP contribution < -0.4 is 0 Å². The largest absolute Gasteiger partial charge is 0.344 e. The van der Waals surface area contributed by atoms with Crippen LogP contribution in [0.3, 0.4) is 0 Å². The molecule has 0 aliphatic carbocycles. The van der Waals surface area contributed by atoms with Crippen LogP contribution in [0.15, 0.2) is 0 Å². The van der Waals surface area contributed by atoms with Crippen molar-refractivity contribution in [3.63, 3.8) is 0 Å². The molecule has 0 aromatic carbocycles. The predicted octanol–water partition coefficient (Wildman–Crippen LogP) is 0.110. The van der Waals surface area contributed by atoms with Crippen LogP contribution in [0, 0.1) is 11.3 Å². The van der Waals surface area contributed by atoms with Gasteiger partial charge in [-0.25, -0.2) is 0 Å². The molecular formula is C8H12B2NO2. The molecule has 2 amide bonds. The Balaban J connectivity index is 2.85. The molecule has 1 fully saturated rings. The molecule has 0 bridgehead atoms. The first-order chi connectivity index (χ1) is 5.88. The van der Waals surface area contributed by atoms with E-state index in [9.17, 15) is 9.59 Å². The number of hydrogen-bond donors (Lipinski definition) is 0. The summed E-state index contributed by atoms with van der Waals surface area (Å²) in [4.78, 5) is 23.9. The van der Waals surface area contributed by atoms with Crippen molar-refractivity contribution in [1.29, 1.82) is 0 Å². The smallest absolute Gasteiger partial charge is 0.220 e. The summed E-state index contributed by atoms with van der Waals surface area (Å²) in [5.74, 6) is -0.618. The molecule has 3 nitrogen and oxygen atoms in total. The lowest BCUT2D eigenvalue weighted by Gasteiger charge is -2.24. The van der Waals surface area contributed by atoms with Crippen molar-refractivity contribution in [3.8, 4) is 0 Å². The molecule has 0 aromatic heterocycles. The maximum Gasteiger partial charge on any atom is 0.220 e. The van der Waals surface area contributed by atoms with Crippen molar-refractivity contribution in [2.75, 3.05) is 0 Å². The van der Waals surface area contributed by atoms with E-state index < -0.39 is 0 Å². The number of rotatable bonds is 1. The first-order valence-electron chi connectivity index (χ1n) is 4.29. The van der Waals surface area contributed by atoms with E-state index in [1.54, 1.807) is 0 Å². The standard InChI is InChI=1S/C8H12B2NO2/c1-8(2,3)5-4-6(12)11(10-9)7(5)13/h5H,4H2,1-3H3. The monoisotopic (exact) mass is 176 g/mol. The fourth-order valence-electron chi connectivity index (χ4n) is 1.48. The number of carbonyl (C=O) groups excluding carboxylic acids is 2. The Hall–Kier alpha value is -0.730. The Labute approximate surface area is 80.5 Å². The Morgan fingerprint density at radius 2 is 2.00 bits per heavy atom. The zero-order valence-corrected chi connectivity index (χ0v) is 8.20. The minimum absolute atomic E-state index is 0.176. The van der Waals surface area contributed by atoms with Gasteiger partial charge in [-0.1, -0.05) is 20.8 Å². The lowest BCUT2D eigenvalue weighted by Crippen LogP contribution is -2.36. The highest BCUT2D eigenvalue weighted by Gasteiger charge is 2.43. The van der Waals surface area contributed by atoms with Crippen LogP contribution in [-0.4, -0.2) is 31.7 Å². The fourth-order valence-corrected chi connectivity index (χ4v) is 1.48. The quantitative estimate of drug-likeness (QED) is 0.419. The van der Waals surface area contributed by atoms with Crippen LogP contribution in [0.2, 0.25) is 0 Å². The molecule has 3 radical (unpaired) electrons. The molecule has 67 valence electrons. The summed E-state index contributed by atoms with van der Waals surface area (Å²) >= 11 is 0. The van der Waals surface area contributed by atoms with E-state index in [1.807, 2.05) is 20.8 Å². The van der Waals surface area contributed by atoms with Crippen LogP contribution in [0.1, 0.15) is 27.2 Å². The Morgan fingerprint density at radius 1 is 1.46 bits per heavy atom. The van der Waals surface area contributed by atoms with Crippen LogP contribution >= 0.6 is 0 Å². The van der Waals surface area contributed by atoms with E-state index in [-0.39, 0.29) is 29.6 Å². The minimum Gasteiger partial charge on any atom is -0.344 e. The fraction of sp³-hybridized carbons (Fsp3) is 0.750. The van der Waals surface area contributed by atoms with Gasteiger partial charge >= 0.3 is 0 Å². The molecule has 1 saturated heterocycles. The van der Waals surface area contributed by atoms with Crippen LogP contribution in [0.25, 0.3) is 0 Å². The molecule has 5 heteroatoms. The lowest BCUT2D eigenvalue weighted by molar-refractivity contribution is -0.134. The molecule has 0 saturated carbocycles. The third-order valence-corrected chi connectivity index (χ3v) is 2.38. The first kappa shape index (κ1) is 10.4. The summed E-state index contributed by atoms with van der Waals surface area (Å²) in [5.41, 5.74) is -0.176. The molecule has 1 unspecified atom stereocenters. The van der Waals surface area contributed by atoms with Gasteiger partial charge in [-0.05, 0) is 5.41 Å². The molecule has 0 spiro atoms. The van der Waals surface area contributed by atoms with Crippen molar-refractivity contribution in [2.24, 2.45) is 11.3 Å². The van der Waals surface area contributed by atoms with E-state index >= 15 is 0 Å². The van der Waals surface area contributed by atoms with Gasteiger partial charge in [-0.15, -0.1) is 0 Å². The molecule has 13 heavy (non-hydrogen) atoms. The van der Waals surface area contributed by atoms with Crippen molar-refractivity contribution >= 4 is 26.9 Å². The third kappa shape index (κ3) is 1.79. The highest BCUT2D eigenvalue weighted by atomic mass is 16.2. The van der Waals surface area contributed by atoms with Gasteiger partial charge in [0.05, 0.1) is 5.92 Å². The van der Waals surface area contributed by atoms with Gasteiger partial charge in [0.25, 0.3) is 0 Å². The second-order valence-corrected chi connectivity index (χ2v) is 4.37. The number of carbonyl (C=O) groups is 2. The lowest BCUT2D eigenvalue weighted by atomic mass is 9.65. The van der Waals surface area contributed by atoms with Gasteiger partial charge in [0.15, 0.2) is 7.31 Å². The van der Waals surface area contributed by atoms with Gasteiger partial charge in [-0.3, -0.25) is 9.59 Å². The van der Waals surface area contributed by atoms with E-state index in [2.05, 4.69) is 0 Å². The zero-order chi connectivity index (χ0) is 10.2. The highest BCUT2D eigenvalue weighted by molar-refractivity contribution is 6.90. The zero-order valence-electron chi connectivity index (χ0n) is 8.20. The molecule has 1 rings (SSSR count). The maximum absolute atomic E-state index is 11.6. The summed E-state index contributed by atoms with van der Waals surface area (Å²) < 4.78 is 0. The summed E-state index contributed by atoms with van der Waals surface area (Å²) in [7, 11) is 6.23. The van der Waals surface area contributed by atoms with Crippen LogP contribution in [-0.2, 0) is 9.59 Å². The molecule has 1 aliphatic rings. The summed E-state index contributed by atoms with van der Waals surface area (Å²) in [6.07, 6.45) is 0.274. The Bertz CT molecular complexity index is 247.